The van der Waals surface area contributed by atoms with Crippen LogP contribution in [0.1, 0.15) is 24.3 Å². The van der Waals surface area contributed by atoms with Crippen LogP contribution in [0.15, 0.2) is 18.2 Å². The summed E-state index contributed by atoms with van der Waals surface area (Å²) < 4.78 is 13.5. The number of nitrogens with two attached hydrogens (primary N) is 1. The van der Waals surface area contributed by atoms with Crippen LogP contribution in [0.4, 0.5) is 4.39 Å². The fourth-order valence-electron chi connectivity index (χ4n) is 2.45. The Labute approximate surface area is 122 Å². The van der Waals surface area contributed by atoms with Crippen LogP contribution in [0.5, 0.6) is 0 Å². The third-order valence-corrected chi connectivity index (χ3v) is 3.99. The average molecular weight is 301 g/mol. The van der Waals surface area contributed by atoms with E-state index >= 15 is 0 Å². The maximum atomic E-state index is 13.5. The fourth-order valence-corrected chi connectivity index (χ4v) is 2.57. The number of amides is 1. The first-order valence-electron chi connectivity index (χ1n) is 6.62. The number of carbonyl (C=O) groups is 1. The summed E-state index contributed by atoms with van der Waals surface area (Å²) >= 11 is 5.64. The van der Waals surface area contributed by atoms with Gasteiger partial charge in [0.25, 0.3) is 0 Å². The van der Waals surface area contributed by atoms with E-state index in [1.165, 1.54) is 12.1 Å². The van der Waals surface area contributed by atoms with Crippen LogP contribution in [0.25, 0.3) is 0 Å². The lowest BCUT2D eigenvalue weighted by Crippen LogP contribution is -2.41. The summed E-state index contributed by atoms with van der Waals surface area (Å²) in [6, 6.07) is 4.32. The van der Waals surface area contributed by atoms with Gasteiger partial charge >= 0.3 is 0 Å². The van der Waals surface area contributed by atoms with Crippen molar-refractivity contribution < 1.29 is 14.3 Å². The highest BCUT2D eigenvalue weighted by atomic mass is 35.5. The third kappa shape index (κ3) is 3.69. The second-order valence-electron chi connectivity index (χ2n) is 5.16. The molecule has 0 aromatic heterocycles. The van der Waals surface area contributed by atoms with Crippen LogP contribution in [-0.2, 0) is 4.79 Å². The molecule has 1 heterocycles. The van der Waals surface area contributed by atoms with Gasteiger partial charge in [0, 0.05) is 19.6 Å². The van der Waals surface area contributed by atoms with Crippen molar-refractivity contribution in [1.29, 1.82) is 0 Å². The van der Waals surface area contributed by atoms with Crippen molar-refractivity contribution in [1.82, 2.24) is 4.90 Å². The van der Waals surface area contributed by atoms with Gasteiger partial charge in [-0.1, -0.05) is 17.7 Å². The SMILES string of the molecule is NC(=O)[C@@H](CN1CCC(O)CC1)c1ccc(Cl)c(F)c1. The number of hydrogen-bond donors (Lipinski definition) is 2. The number of nitrogens with zero attached hydrogens (tertiary/aromatic N) is 1. The Balaban J connectivity index is 2.10. The molecule has 1 fully saturated rings. The molecule has 1 amide bonds. The normalized spacial score (nSPS) is 18.9. The molecule has 1 aromatic carbocycles. The lowest BCUT2D eigenvalue weighted by atomic mass is 9.96. The predicted molar refractivity (Wildman–Crippen MR) is 75.0 cm³/mol. The van der Waals surface area contributed by atoms with E-state index in [-0.39, 0.29) is 11.1 Å². The van der Waals surface area contributed by atoms with E-state index in [0.717, 1.165) is 0 Å². The molecule has 110 valence electrons. The zero-order valence-corrected chi connectivity index (χ0v) is 11.8. The van der Waals surface area contributed by atoms with Gasteiger partial charge in [-0.15, -0.1) is 0 Å². The summed E-state index contributed by atoms with van der Waals surface area (Å²) in [6.07, 6.45) is 1.09. The molecule has 0 radical (unpaired) electrons. The second kappa shape index (κ2) is 6.52. The Kier molecular flexibility index (Phi) is 4.96. The number of primary amides is 1. The first kappa shape index (κ1) is 15.2. The summed E-state index contributed by atoms with van der Waals surface area (Å²) in [7, 11) is 0. The van der Waals surface area contributed by atoms with Crippen molar-refractivity contribution in [3.8, 4) is 0 Å². The van der Waals surface area contributed by atoms with Gasteiger partial charge in [-0.25, -0.2) is 4.39 Å². The van der Waals surface area contributed by atoms with Gasteiger partial charge in [0.1, 0.15) is 5.82 Å². The van der Waals surface area contributed by atoms with E-state index in [1.54, 1.807) is 6.07 Å². The number of hydrogen-bond acceptors (Lipinski definition) is 3. The molecule has 1 aliphatic rings. The minimum absolute atomic E-state index is 0.0260. The number of halogens is 2. The van der Waals surface area contributed by atoms with Crippen molar-refractivity contribution in [2.45, 2.75) is 24.9 Å². The lowest BCUT2D eigenvalue weighted by Gasteiger charge is -2.31. The Morgan fingerprint density at radius 2 is 2.15 bits per heavy atom. The highest BCUT2D eigenvalue weighted by Gasteiger charge is 2.25. The summed E-state index contributed by atoms with van der Waals surface area (Å²) in [5, 5.41) is 9.50. The van der Waals surface area contributed by atoms with Crippen molar-refractivity contribution in [3.63, 3.8) is 0 Å². The van der Waals surface area contributed by atoms with Crippen LogP contribution in [-0.4, -0.2) is 41.7 Å². The number of likely N-dealkylation sites (tertiary alicyclic amines) is 1. The standard InChI is InChI=1S/C14H18ClFN2O2/c15-12-2-1-9(7-13(12)16)11(14(17)20)8-18-5-3-10(19)4-6-18/h1-2,7,10-11,19H,3-6,8H2,(H2,17,20)/t11-/m0/s1. The Hall–Kier alpha value is -1.17. The van der Waals surface area contributed by atoms with Crippen molar-refractivity contribution >= 4 is 17.5 Å². The predicted octanol–water partition coefficient (Wildman–Crippen LogP) is 1.50. The van der Waals surface area contributed by atoms with Crippen LogP contribution in [0, 0.1) is 5.82 Å². The molecule has 1 saturated heterocycles. The van der Waals surface area contributed by atoms with E-state index < -0.39 is 17.6 Å². The first-order valence-corrected chi connectivity index (χ1v) is 7.00. The first-order chi connectivity index (χ1) is 9.47. The van der Waals surface area contributed by atoms with Gasteiger partial charge in [0.05, 0.1) is 17.0 Å². The zero-order valence-electron chi connectivity index (χ0n) is 11.1. The van der Waals surface area contributed by atoms with E-state index in [2.05, 4.69) is 4.90 Å². The van der Waals surface area contributed by atoms with Crippen LogP contribution in [0.2, 0.25) is 5.02 Å². The van der Waals surface area contributed by atoms with Gasteiger partial charge in [0.15, 0.2) is 0 Å². The molecule has 20 heavy (non-hydrogen) atoms. The van der Waals surface area contributed by atoms with Gasteiger partial charge in [-0.3, -0.25) is 4.79 Å². The van der Waals surface area contributed by atoms with Gasteiger partial charge in [-0.2, -0.15) is 0 Å². The number of benzene rings is 1. The second-order valence-corrected chi connectivity index (χ2v) is 5.57. The molecule has 6 heteroatoms. The molecule has 1 atom stereocenters. The highest BCUT2D eigenvalue weighted by molar-refractivity contribution is 6.30. The summed E-state index contributed by atoms with van der Waals surface area (Å²) in [6.45, 7) is 1.85. The molecule has 0 bridgehead atoms. The number of piperidine rings is 1. The van der Waals surface area contributed by atoms with E-state index in [1.807, 2.05) is 0 Å². The molecule has 1 aromatic rings. The van der Waals surface area contributed by atoms with Gasteiger partial charge in [-0.05, 0) is 30.5 Å². The number of aliphatic hydroxyl groups is 1. The minimum Gasteiger partial charge on any atom is -0.393 e. The maximum absolute atomic E-state index is 13.5. The molecule has 0 unspecified atom stereocenters. The Bertz CT molecular complexity index is 490. The molecular formula is C14H18ClFN2O2. The van der Waals surface area contributed by atoms with E-state index in [9.17, 15) is 14.3 Å². The average Bonchev–Trinajstić information content (AvgIpc) is 2.41. The monoisotopic (exact) mass is 300 g/mol. The van der Waals surface area contributed by atoms with Crippen LogP contribution in [0.3, 0.4) is 0 Å². The van der Waals surface area contributed by atoms with Gasteiger partial charge < -0.3 is 15.7 Å². The molecule has 0 spiro atoms. The topological polar surface area (TPSA) is 66.6 Å². The van der Waals surface area contributed by atoms with E-state index in [4.69, 9.17) is 17.3 Å². The Morgan fingerprint density at radius 3 is 2.70 bits per heavy atom. The molecule has 2 rings (SSSR count). The van der Waals surface area contributed by atoms with Gasteiger partial charge in [0.2, 0.25) is 5.91 Å². The lowest BCUT2D eigenvalue weighted by molar-refractivity contribution is -0.120. The molecule has 0 saturated carbocycles. The Morgan fingerprint density at radius 1 is 1.50 bits per heavy atom. The van der Waals surface area contributed by atoms with Crippen molar-refractivity contribution in [3.05, 3.63) is 34.6 Å². The molecule has 0 aliphatic carbocycles. The largest absolute Gasteiger partial charge is 0.393 e. The summed E-state index contributed by atoms with van der Waals surface area (Å²) in [5.74, 6) is -1.61. The number of carbonyl (C=O) groups excluding carboxylic acids is 1. The van der Waals surface area contributed by atoms with Crippen molar-refractivity contribution in [2.24, 2.45) is 5.73 Å². The molecule has 3 N–H and O–H groups in total. The van der Waals surface area contributed by atoms with Crippen LogP contribution < -0.4 is 5.73 Å². The van der Waals surface area contributed by atoms with E-state index in [0.29, 0.717) is 38.0 Å². The summed E-state index contributed by atoms with van der Waals surface area (Å²) in [5.41, 5.74) is 5.96. The molecular weight excluding hydrogens is 283 g/mol. The smallest absolute Gasteiger partial charge is 0.226 e. The number of rotatable bonds is 4. The molecule has 4 nitrogen and oxygen atoms in total. The molecule has 1 aliphatic heterocycles. The summed E-state index contributed by atoms with van der Waals surface area (Å²) in [4.78, 5) is 13.7. The maximum Gasteiger partial charge on any atom is 0.226 e. The van der Waals surface area contributed by atoms with Crippen LogP contribution >= 0.6 is 11.6 Å². The quantitative estimate of drug-likeness (QED) is 0.885. The third-order valence-electron chi connectivity index (χ3n) is 3.69. The fraction of sp³-hybridized carbons (Fsp3) is 0.500. The minimum atomic E-state index is -0.572. The zero-order chi connectivity index (χ0) is 14.7. The highest BCUT2D eigenvalue weighted by Crippen LogP contribution is 2.23. The van der Waals surface area contributed by atoms with Crippen molar-refractivity contribution in [2.75, 3.05) is 19.6 Å². The number of aliphatic hydroxyl groups excluding tert-OH is 1.